The molecule has 100 valence electrons. The molecule has 0 fully saturated rings. The minimum Gasteiger partial charge on any atom is -0.453 e. The molecule has 0 atom stereocenters. The highest BCUT2D eigenvalue weighted by Crippen LogP contribution is 2.27. The van der Waals surface area contributed by atoms with Crippen LogP contribution >= 0.6 is 15.9 Å². The first-order chi connectivity index (χ1) is 9.56. The topological polar surface area (TPSA) is 30.2 Å². The van der Waals surface area contributed by atoms with Crippen molar-refractivity contribution in [3.63, 3.8) is 0 Å². The van der Waals surface area contributed by atoms with E-state index in [0.29, 0.717) is 11.3 Å². The van der Waals surface area contributed by atoms with Crippen molar-refractivity contribution in [1.29, 1.82) is 0 Å². The molecule has 1 aromatic heterocycles. The predicted octanol–water partition coefficient (Wildman–Crippen LogP) is 5.04. The lowest BCUT2D eigenvalue weighted by atomic mass is 10.1. The van der Waals surface area contributed by atoms with Gasteiger partial charge in [-0.15, -0.1) is 0 Å². The Kier molecular flexibility index (Phi) is 3.22. The van der Waals surface area contributed by atoms with Gasteiger partial charge >= 0.3 is 0 Å². The van der Waals surface area contributed by atoms with Crippen molar-refractivity contribution in [3.05, 3.63) is 69.4 Å². The third-order valence-corrected chi connectivity index (χ3v) is 4.38. The SMILES string of the molecule is Cc1ccc2oc(C(=O)c3cccc(C)c3Br)cc2c1. The van der Waals surface area contributed by atoms with Gasteiger partial charge in [-0.2, -0.15) is 0 Å². The van der Waals surface area contributed by atoms with E-state index in [4.69, 9.17) is 4.42 Å². The van der Waals surface area contributed by atoms with E-state index in [1.165, 1.54) is 0 Å². The van der Waals surface area contributed by atoms with Gasteiger partial charge in [0.25, 0.3) is 0 Å². The molecule has 2 nitrogen and oxygen atoms in total. The lowest BCUT2D eigenvalue weighted by Gasteiger charge is -2.03. The Balaban J connectivity index is 2.10. The van der Waals surface area contributed by atoms with Gasteiger partial charge in [-0.3, -0.25) is 4.79 Å². The van der Waals surface area contributed by atoms with Crippen LogP contribution in [-0.4, -0.2) is 5.78 Å². The molecule has 0 saturated carbocycles. The van der Waals surface area contributed by atoms with E-state index in [0.717, 1.165) is 26.6 Å². The predicted molar refractivity (Wildman–Crippen MR) is 83.3 cm³/mol. The number of halogens is 1. The molecule has 3 heteroatoms. The highest BCUT2D eigenvalue weighted by molar-refractivity contribution is 9.10. The number of hydrogen-bond acceptors (Lipinski definition) is 2. The van der Waals surface area contributed by atoms with Crippen LogP contribution in [0.4, 0.5) is 0 Å². The van der Waals surface area contributed by atoms with Crippen molar-refractivity contribution in [2.75, 3.05) is 0 Å². The van der Waals surface area contributed by atoms with Gasteiger partial charge in [0.2, 0.25) is 5.78 Å². The van der Waals surface area contributed by atoms with Gasteiger partial charge in [0, 0.05) is 15.4 Å². The lowest BCUT2D eigenvalue weighted by molar-refractivity contribution is 0.101. The smallest absolute Gasteiger partial charge is 0.229 e. The second kappa shape index (κ2) is 4.91. The number of ketones is 1. The zero-order chi connectivity index (χ0) is 14.3. The molecule has 3 rings (SSSR count). The van der Waals surface area contributed by atoms with Crippen LogP contribution in [0.3, 0.4) is 0 Å². The van der Waals surface area contributed by atoms with E-state index in [1.54, 1.807) is 12.1 Å². The van der Waals surface area contributed by atoms with Gasteiger partial charge in [-0.05, 0) is 59.6 Å². The monoisotopic (exact) mass is 328 g/mol. The Bertz CT molecular complexity index is 815. The number of fused-ring (bicyclic) bond motifs is 1. The second-order valence-corrected chi connectivity index (χ2v) is 5.71. The molecule has 0 aliphatic rings. The first-order valence-corrected chi connectivity index (χ1v) is 7.15. The van der Waals surface area contributed by atoms with E-state index in [2.05, 4.69) is 15.9 Å². The molecular formula is C17H13BrO2. The van der Waals surface area contributed by atoms with E-state index in [9.17, 15) is 4.79 Å². The quantitative estimate of drug-likeness (QED) is 0.616. The molecule has 0 aliphatic heterocycles. The summed E-state index contributed by atoms with van der Waals surface area (Å²) < 4.78 is 6.48. The molecule has 0 saturated heterocycles. The highest BCUT2D eigenvalue weighted by atomic mass is 79.9. The summed E-state index contributed by atoms with van der Waals surface area (Å²) in [5, 5.41) is 0.956. The van der Waals surface area contributed by atoms with Gasteiger partial charge in [0.05, 0.1) is 0 Å². The van der Waals surface area contributed by atoms with Crippen molar-refractivity contribution >= 4 is 32.7 Å². The minimum absolute atomic E-state index is 0.102. The maximum atomic E-state index is 12.6. The van der Waals surface area contributed by atoms with Crippen LogP contribution in [-0.2, 0) is 0 Å². The number of carbonyl (C=O) groups excluding carboxylic acids is 1. The normalized spacial score (nSPS) is 10.9. The second-order valence-electron chi connectivity index (χ2n) is 4.92. The molecule has 0 bridgehead atoms. The molecule has 0 N–H and O–H groups in total. The molecule has 0 aliphatic carbocycles. The van der Waals surface area contributed by atoms with Crippen molar-refractivity contribution < 1.29 is 9.21 Å². The largest absolute Gasteiger partial charge is 0.453 e. The van der Waals surface area contributed by atoms with Crippen LogP contribution in [0.15, 0.2) is 51.4 Å². The van der Waals surface area contributed by atoms with Crippen LogP contribution in [0.5, 0.6) is 0 Å². The molecule has 0 unspecified atom stereocenters. The highest BCUT2D eigenvalue weighted by Gasteiger charge is 2.17. The fraction of sp³-hybridized carbons (Fsp3) is 0.118. The number of furan rings is 1. The van der Waals surface area contributed by atoms with Crippen molar-refractivity contribution in [2.24, 2.45) is 0 Å². The van der Waals surface area contributed by atoms with Crippen LogP contribution in [0.1, 0.15) is 27.2 Å². The minimum atomic E-state index is -0.102. The van der Waals surface area contributed by atoms with Crippen molar-refractivity contribution in [1.82, 2.24) is 0 Å². The van der Waals surface area contributed by atoms with E-state index in [-0.39, 0.29) is 5.78 Å². The van der Waals surface area contributed by atoms with Gasteiger partial charge < -0.3 is 4.42 Å². The Morgan fingerprint density at radius 3 is 2.70 bits per heavy atom. The van der Waals surface area contributed by atoms with Crippen molar-refractivity contribution in [2.45, 2.75) is 13.8 Å². The van der Waals surface area contributed by atoms with Gasteiger partial charge in [-0.1, -0.05) is 23.8 Å². The summed E-state index contributed by atoms with van der Waals surface area (Å²) in [4.78, 5) is 12.6. The molecule has 0 radical (unpaired) electrons. The van der Waals surface area contributed by atoms with Crippen LogP contribution in [0.25, 0.3) is 11.0 Å². The van der Waals surface area contributed by atoms with Crippen molar-refractivity contribution in [3.8, 4) is 0 Å². The average molecular weight is 329 g/mol. The fourth-order valence-corrected chi connectivity index (χ4v) is 2.67. The summed E-state index contributed by atoms with van der Waals surface area (Å²) in [6, 6.07) is 13.3. The van der Waals surface area contributed by atoms with Gasteiger partial charge in [0.15, 0.2) is 5.76 Å². The first-order valence-electron chi connectivity index (χ1n) is 6.36. The Morgan fingerprint density at radius 1 is 1.10 bits per heavy atom. The van der Waals surface area contributed by atoms with Gasteiger partial charge in [-0.25, -0.2) is 0 Å². The molecule has 2 aromatic carbocycles. The summed E-state index contributed by atoms with van der Waals surface area (Å²) in [7, 11) is 0. The van der Waals surface area contributed by atoms with E-state index < -0.39 is 0 Å². The number of carbonyl (C=O) groups is 1. The Morgan fingerprint density at radius 2 is 1.90 bits per heavy atom. The van der Waals surface area contributed by atoms with E-state index >= 15 is 0 Å². The maximum absolute atomic E-state index is 12.6. The molecule has 3 aromatic rings. The third-order valence-electron chi connectivity index (χ3n) is 3.33. The molecule has 1 heterocycles. The zero-order valence-electron chi connectivity index (χ0n) is 11.2. The lowest BCUT2D eigenvalue weighted by Crippen LogP contribution is -2.01. The zero-order valence-corrected chi connectivity index (χ0v) is 12.8. The first kappa shape index (κ1) is 13.1. The number of benzene rings is 2. The Labute approximate surface area is 125 Å². The summed E-state index contributed by atoms with van der Waals surface area (Å²) in [5.41, 5.74) is 3.54. The summed E-state index contributed by atoms with van der Waals surface area (Å²) in [6.07, 6.45) is 0. The molecule has 20 heavy (non-hydrogen) atoms. The fourth-order valence-electron chi connectivity index (χ4n) is 2.23. The standard InChI is InChI=1S/C17H13BrO2/c1-10-6-7-14-12(8-10)9-15(20-14)17(19)13-5-3-4-11(2)16(13)18/h3-9H,1-2H3. The number of hydrogen-bond donors (Lipinski definition) is 0. The average Bonchev–Trinajstić information content (AvgIpc) is 2.84. The summed E-state index contributed by atoms with van der Waals surface area (Å²) in [6.45, 7) is 3.98. The summed E-state index contributed by atoms with van der Waals surface area (Å²) >= 11 is 3.47. The molecule has 0 amide bonds. The third kappa shape index (κ3) is 2.18. The molecule has 0 spiro atoms. The maximum Gasteiger partial charge on any atom is 0.229 e. The summed E-state index contributed by atoms with van der Waals surface area (Å²) in [5.74, 6) is 0.270. The number of rotatable bonds is 2. The van der Waals surface area contributed by atoms with Crippen LogP contribution in [0, 0.1) is 13.8 Å². The van der Waals surface area contributed by atoms with Gasteiger partial charge in [0.1, 0.15) is 5.58 Å². The molecular weight excluding hydrogens is 316 g/mol. The van der Waals surface area contributed by atoms with Crippen LogP contribution in [0.2, 0.25) is 0 Å². The van der Waals surface area contributed by atoms with E-state index in [1.807, 2.05) is 44.2 Å². The number of aryl methyl sites for hydroxylation is 2. The van der Waals surface area contributed by atoms with Crippen LogP contribution < -0.4 is 0 Å². The Hall–Kier alpha value is -1.87.